The van der Waals surface area contributed by atoms with Crippen LogP contribution in [0, 0.1) is 15.3 Å². The topological polar surface area (TPSA) is 134 Å². The van der Waals surface area contributed by atoms with Crippen LogP contribution < -0.4 is 5.23 Å². The van der Waals surface area contributed by atoms with Gasteiger partial charge in [-0.3, -0.25) is 15.3 Å². The van der Waals surface area contributed by atoms with Crippen LogP contribution in [0.1, 0.15) is 42.5 Å². The molecule has 2 saturated heterocycles. The summed E-state index contributed by atoms with van der Waals surface area (Å²) in [5, 5.41) is 30.6. The molecule has 2 atom stereocenters. The Morgan fingerprint density at radius 3 is 2.65 bits per heavy atom. The Balaban J connectivity index is 1.83. The van der Waals surface area contributed by atoms with Gasteiger partial charge in [-0.2, -0.15) is 0 Å². The number of hydrogen-bond acceptors (Lipinski definition) is 9. The molecule has 2 aliphatic heterocycles. The van der Waals surface area contributed by atoms with Gasteiger partial charge in [0.15, 0.2) is 6.10 Å². The lowest BCUT2D eigenvalue weighted by Crippen LogP contribution is -2.54. The SMILES string of the molecule is O=C(OC1CCCOC12CCCCO2)c1cc(N([O-])O)cc([N+](=O)[O-])c1. The summed E-state index contributed by atoms with van der Waals surface area (Å²) < 4.78 is 17.1. The standard InChI is InChI=1S/C16H19N2O8/c19-15(11-8-12(17(20)21)10-13(9-11)18(22)23)26-14-4-3-7-25-16(14)5-1-2-6-24-16/h8-10,14,20H,1-7H2/q-1. The van der Waals surface area contributed by atoms with Crippen molar-refractivity contribution < 1.29 is 29.1 Å². The van der Waals surface area contributed by atoms with Crippen LogP contribution in [0.5, 0.6) is 0 Å². The van der Waals surface area contributed by atoms with Crippen LogP contribution in [0.3, 0.4) is 0 Å². The summed E-state index contributed by atoms with van der Waals surface area (Å²) in [6.45, 7) is 1.01. The lowest BCUT2D eigenvalue weighted by Gasteiger charge is -2.44. The number of hydrogen-bond donors (Lipinski definition) is 1. The molecule has 0 aliphatic carbocycles. The number of rotatable bonds is 4. The van der Waals surface area contributed by atoms with E-state index in [9.17, 15) is 20.1 Å². The summed E-state index contributed by atoms with van der Waals surface area (Å²) in [6, 6.07) is 2.88. The number of benzene rings is 1. The van der Waals surface area contributed by atoms with Crippen LogP contribution in [-0.2, 0) is 14.2 Å². The van der Waals surface area contributed by atoms with Crippen molar-refractivity contribution in [3.63, 3.8) is 0 Å². The zero-order chi connectivity index (χ0) is 18.7. The van der Waals surface area contributed by atoms with Crippen LogP contribution in [0.4, 0.5) is 11.4 Å². The summed E-state index contributed by atoms with van der Waals surface area (Å²) in [7, 11) is 0. The second-order valence-corrected chi connectivity index (χ2v) is 6.27. The summed E-state index contributed by atoms with van der Waals surface area (Å²) >= 11 is 0. The summed E-state index contributed by atoms with van der Waals surface area (Å²) in [5.41, 5.74) is -1.15. The van der Waals surface area contributed by atoms with Gasteiger partial charge in [0.2, 0.25) is 5.79 Å². The first-order chi connectivity index (χ1) is 12.4. The third-order valence-corrected chi connectivity index (χ3v) is 4.53. The Kier molecular flexibility index (Phi) is 5.37. The van der Waals surface area contributed by atoms with Crippen LogP contribution in [0.2, 0.25) is 0 Å². The van der Waals surface area contributed by atoms with Gasteiger partial charge in [0.05, 0.1) is 29.4 Å². The highest BCUT2D eigenvalue weighted by molar-refractivity contribution is 5.91. The maximum Gasteiger partial charge on any atom is 0.338 e. The fourth-order valence-corrected chi connectivity index (χ4v) is 3.26. The van der Waals surface area contributed by atoms with E-state index in [2.05, 4.69) is 0 Å². The first-order valence-corrected chi connectivity index (χ1v) is 8.36. The second-order valence-electron chi connectivity index (χ2n) is 6.27. The molecule has 1 spiro atoms. The lowest BCUT2D eigenvalue weighted by atomic mass is 9.94. The van der Waals surface area contributed by atoms with Gasteiger partial charge >= 0.3 is 5.97 Å². The van der Waals surface area contributed by atoms with E-state index in [-0.39, 0.29) is 5.56 Å². The number of carbonyl (C=O) groups excluding carboxylic acids is 1. The summed E-state index contributed by atoms with van der Waals surface area (Å²) in [4.78, 5) is 22.8. The minimum Gasteiger partial charge on any atom is -0.733 e. The molecule has 0 saturated carbocycles. The minimum absolute atomic E-state index is 0.208. The fourth-order valence-electron chi connectivity index (χ4n) is 3.26. The molecular weight excluding hydrogens is 348 g/mol. The molecule has 0 amide bonds. The van der Waals surface area contributed by atoms with Crippen molar-refractivity contribution in [3.8, 4) is 0 Å². The van der Waals surface area contributed by atoms with Gasteiger partial charge in [-0.1, -0.05) is 0 Å². The highest BCUT2D eigenvalue weighted by atomic mass is 16.8. The van der Waals surface area contributed by atoms with E-state index in [1.54, 1.807) is 0 Å². The molecule has 2 heterocycles. The summed E-state index contributed by atoms with van der Waals surface area (Å²) in [5.74, 6) is -1.84. The number of carbonyl (C=O) groups is 1. The predicted octanol–water partition coefficient (Wildman–Crippen LogP) is 2.52. The molecule has 0 radical (unpaired) electrons. The Bertz CT molecular complexity index is 679. The lowest BCUT2D eigenvalue weighted by molar-refractivity contribution is -0.384. The number of anilines is 1. The van der Waals surface area contributed by atoms with Gasteiger partial charge in [-0.25, -0.2) is 4.79 Å². The molecule has 10 nitrogen and oxygen atoms in total. The molecule has 1 N–H and O–H groups in total. The van der Waals surface area contributed by atoms with Gasteiger partial charge in [0.1, 0.15) is 0 Å². The average molecular weight is 367 g/mol. The predicted molar refractivity (Wildman–Crippen MR) is 87.7 cm³/mol. The van der Waals surface area contributed by atoms with E-state index in [1.807, 2.05) is 0 Å². The van der Waals surface area contributed by atoms with E-state index >= 15 is 0 Å². The van der Waals surface area contributed by atoms with E-state index < -0.39 is 39.4 Å². The third-order valence-electron chi connectivity index (χ3n) is 4.53. The van der Waals surface area contributed by atoms with Crippen molar-refractivity contribution in [1.29, 1.82) is 0 Å². The maximum atomic E-state index is 12.5. The van der Waals surface area contributed by atoms with Crippen LogP contribution in [-0.4, -0.2) is 41.2 Å². The van der Waals surface area contributed by atoms with E-state index in [0.717, 1.165) is 31.0 Å². The molecular formula is C16H19N2O8-. The number of nitro groups is 1. The zero-order valence-corrected chi connectivity index (χ0v) is 14.0. The number of ether oxygens (including phenoxy) is 3. The zero-order valence-electron chi connectivity index (χ0n) is 14.0. The normalized spacial score (nSPS) is 25.7. The Morgan fingerprint density at radius 2 is 2.00 bits per heavy atom. The number of nitrogens with zero attached hydrogens (tertiary/aromatic N) is 2. The number of non-ortho nitro benzene ring substituents is 1. The van der Waals surface area contributed by atoms with Crippen molar-refractivity contribution in [2.24, 2.45) is 0 Å². The Hall–Kier alpha value is -2.27. The van der Waals surface area contributed by atoms with E-state index in [0.29, 0.717) is 32.5 Å². The average Bonchev–Trinajstić information content (AvgIpc) is 2.64. The van der Waals surface area contributed by atoms with Crippen LogP contribution in [0.25, 0.3) is 0 Å². The van der Waals surface area contributed by atoms with Crippen LogP contribution >= 0.6 is 0 Å². The van der Waals surface area contributed by atoms with Gasteiger partial charge in [-0.15, -0.1) is 0 Å². The quantitative estimate of drug-likeness (QED) is 0.484. The smallest absolute Gasteiger partial charge is 0.338 e. The van der Waals surface area contributed by atoms with Crippen molar-refractivity contribution in [1.82, 2.24) is 0 Å². The Labute approximate surface area is 148 Å². The van der Waals surface area contributed by atoms with E-state index in [4.69, 9.17) is 19.4 Å². The molecule has 10 heteroatoms. The first kappa shape index (κ1) is 18.5. The van der Waals surface area contributed by atoms with Gasteiger partial charge < -0.3 is 24.6 Å². The van der Waals surface area contributed by atoms with Crippen molar-refractivity contribution in [2.75, 3.05) is 18.4 Å². The maximum absolute atomic E-state index is 12.5. The number of nitro benzene ring substituents is 1. The minimum atomic E-state index is -0.989. The van der Waals surface area contributed by atoms with Crippen molar-refractivity contribution >= 4 is 17.3 Å². The van der Waals surface area contributed by atoms with Gasteiger partial charge in [0, 0.05) is 18.6 Å². The first-order valence-electron chi connectivity index (χ1n) is 8.36. The molecule has 2 fully saturated rings. The molecule has 1 aromatic rings. The van der Waals surface area contributed by atoms with Crippen molar-refractivity contribution in [3.05, 3.63) is 39.1 Å². The Morgan fingerprint density at radius 1 is 1.27 bits per heavy atom. The second kappa shape index (κ2) is 7.54. The van der Waals surface area contributed by atoms with E-state index in [1.165, 1.54) is 0 Å². The van der Waals surface area contributed by atoms with Crippen molar-refractivity contribution in [2.45, 2.75) is 44.0 Å². The largest absolute Gasteiger partial charge is 0.733 e. The molecule has 142 valence electrons. The molecule has 0 bridgehead atoms. The molecule has 0 aromatic heterocycles. The monoisotopic (exact) mass is 367 g/mol. The summed E-state index contributed by atoms with van der Waals surface area (Å²) in [6.07, 6.45) is 2.95. The molecule has 2 aliphatic rings. The molecule has 26 heavy (non-hydrogen) atoms. The fraction of sp³-hybridized carbons (Fsp3) is 0.562. The van der Waals surface area contributed by atoms with Gasteiger partial charge in [0.25, 0.3) is 5.69 Å². The highest BCUT2D eigenvalue weighted by Gasteiger charge is 2.47. The number of esters is 1. The highest BCUT2D eigenvalue weighted by Crippen LogP contribution is 2.37. The molecule has 1 aromatic carbocycles. The van der Waals surface area contributed by atoms with Crippen LogP contribution in [0.15, 0.2) is 18.2 Å². The van der Waals surface area contributed by atoms with Gasteiger partial charge in [-0.05, 0) is 31.7 Å². The molecule has 3 rings (SSSR count). The third kappa shape index (κ3) is 3.78. The molecule has 2 unspecified atom stereocenters.